The molecule has 1 aliphatic carbocycles. The van der Waals surface area contributed by atoms with Gasteiger partial charge in [0.2, 0.25) is 0 Å². The number of rotatable bonds is 7. The number of hydrogen-bond donors (Lipinski definition) is 2. The second-order valence-corrected chi connectivity index (χ2v) is 9.83. The molecule has 2 aromatic heterocycles. The maximum atomic E-state index is 13.1. The Balaban J connectivity index is 1.93. The lowest BCUT2D eigenvalue weighted by Crippen LogP contribution is -2.40. The monoisotopic (exact) mass is 440 g/mol. The standard InChI is InChI=1S/C20H29FN4O4S/c1-11-9-13(11)25-16(26)15-12(2)14(10-22-23-18(27)29-20(3,4)5)30-17(15)24(19(25)28)8-6-7-21/h11,13,22H,6-10H2,1-5H3,(H,23,27)/t11-,13-/m0/s1. The number of alkyl halides is 1. The van der Waals surface area contributed by atoms with E-state index in [1.54, 1.807) is 20.8 Å². The molecule has 2 N–H and O–H groups in total. The molecule has 30 heavy (non-hydrogen) atoms. The van der Waals surface area contributed by atoms with Crippen molar-refractivity contribution in [2.75, 3.05) is 6.67 Å². The number of hydrazine groups is 1. The number of carbonyl (C=O) groups is 1. The number of nitrogens with zero attached hydrogens (tertiary/aromatic N) is 2. The summed E-state index contributed by atoms with van der Waals surface area (Å²) in [6, 6.07) is -0.0965. The van der Waals surface area contributed by atoms with Crippen LogP contribution in [0.25, 0.3) is 10.2 Å². The van der Waals surface area contributed by atoms with Crippen molar-refractivity contribution in [1.82, 2.24) is 20.0 Å². The zero-order valence-corrected chi connectivity index (χ0v) is 18.8. The molecular formula is C20H29FN4O4S. The van der Waals surface area contributed by atoms with Crippen molar-refractivity contribution in [2.24, 2.45) is 5.92 Å². The van der Waals surface area contributed by atoms with E-state index in [1.807, 2.05) is 13.8 Å². The number of nitrogens with one attached hydrogen (secondary N) is 2. The Hall–Kier alpha value is -2.20. The minimum atomic E-state index is -0.614. The number of fused-ring (bicyclic) bond motifs is 1. The van der Waals surface area contributed by atoms with Gasteiger partial charge in [-0.05, 0) is 52.0 Å². The molecule has 2 aromatic rings. The van der Waals surface area contributed by atoms with Gasteiger partial charge in [-0.15, -0.1) is 11.3 Å². The molecule has 2 atom stereocenters. The van der Waals surface area contributed by atoms with Gasteiger partial charge < -0.3 is 4.74 Å². The minimum absolute atomic E-state index is 0.0965. The largest absolute Gasteiger partial charge is 0.443 e. The van der Waals surface area contributed by atoms with E-state index in [-0.39, 0.29) is 42.7 Å². The van der Waals surface area contributed by atoms with Crippen LogP contribution in [0.15, 0.2) is 9.59 Å². The number of ether oxygens (including phenoxy) is 1. The van der Waals surface area contributed by atoms with Crippen LogP contribution in [0, 0.1) is 12.8 Å². The predicted octanol–water partition coefficient (Wildman–Crippen LogP) is 3.00. The molecular weight excluding hydrogens is 411 g/mol. The zero-order chi connectivity index (χ0) is 22.2. The lowest BCUT2D eigenvalue weighted by Gasteiger charge is -2.19. The Morgan fingerprint density at radius 2 is 2.00 bits per heavy atom. The van der Waals surface area contributed by atoms with Crippen LogP contribution in [0.5, 0.6) is 0 Å². The van der Waals surface area contributed by atoms with Crippen LogP contribution in [0.1, 0.15) is 57.0 Å². The summed E-state index contributed by atoms with van der Waals surface area (Å²) in [5.41, 5.74) is 4.76. The molecule has 0 spiro atoms. The van der Waals surface area contributed by atoms with Crippen LogP contribution in [0.2, 0.25) is 0 Å². The second kappa shape index (κ2) is 8.50. The quantitative estimate of drug-likeness (QED) is 0.646. The third-order valence-electron chi connectivity index (χ3n) is 5.09. The van der Waals surface area contributed by atoms with Gasteiger partial charge in [-0.1, -0.05) is 6.92 Å². The van der Waals surface area contributed by atoms with Gasteiger partial charge in [0.1, 0.15) is 10.4 Å². The summed E-state index contributed by atoms with van der Waals surface area (Å²) in [7, 11) is 0. The molecule has 8 nitrogen and oxygen atoms in total. The van der Waals surface area contributed by atoms with Crippen molar-refractivity contribution in [3.05, 3.63) is 31.3 Å². The highest BCUT2D eigenvalue weighted by atomic mass is 32.1. The molecule has 1 fully saturated rings. The van der Waals surface area contributed by atoms with Crippen molar-refractivity contribution in [3.63, 3.8) is 0 Å². The van der Waals surface area contributed by atoms with Gasteiger partial charge in [-0.2, -0.15) is 0 Å². The predicted molar refractivity (Wildman–Crippen MR) is 115 cm³/mol. The normalized spacial score (nSPS) is 18.6. The molecule has 0 aromatic carbocycles. The number of halogens is 1. The Kier molecular flexibility index (Phi) is 6.37. The van der Waals surface area contributed by atoms with Crippen LogP contribution in [0.3, 0.4) is 0 Å². The maximum Gasteiger partial charge on any atom is 0.422 e. The fourth-order valence-electron chi connectivity index (χ4n) is 3.45. The lowest BCUT2D eigenvalue weighted by atomic mass is 10.2. The second-order valence-electron chi connectivity index (χ2n) is 8.74. The molecule has 2 heterocycles. The number of amides is 1. The highest BCUT2D eigenvalue weighted by Gasteiger charge is 2.38. The molecule has 3 rings (SSSR count). The van der Waals surface area contributed by atoms with Gasteiger partial charge in [-0.3, -0.25) is 23.7 Å². The maximum absolute atomic E-state index is 13.1. The Morgan fingerprint density at radius 3 is 2.57 bits per heavy atom. The van der Waals surface area contributed by atoms with E-state index in [0.29, 0.717) is 10.2 Å². The van der Waals surface area contributed by atoms with Crippen molar-refractivity contribution in [1.29, 1.82) is 0 Å². The van der Waals surface area contributed by atoms with E-state index in [9.17, 15) is 18.8 Å². The minimum Gasteiger partial charge on any atom is -0.443 e. The molecule has 0 bridgehead atoms. The number of thiophene rings is 1. The van der Waals surface area contributed by atoms with E-state index < -0.39 is 18.4 Å². The average Bonchev–Trinajstić information content (AvgIpc) is 3.24. The van der Waals surface area contributed by atoms with E-state index in [2.05, 4.69) is 10.9 Å². The van der Waals surface area contributed by atoms with Crippen molar-refractivity contribution >= 4 is 27.6 Å². The van der Waals surface area contributed by atoms with Crippen LogP contribution in [0.4, 0.5) is 9.18 Å². The molecule has 166 valence electrons. The molecule has 0 saturated heterocycles. The van der Waals surface area contributed by atoms with Crippen molar-refractivity contribution in [2.45, 2.75) is 72.2 Å². The molecule has 0 unspecified atom stereocenters. The first-order valence-electron chi connectivity index (χ1n) is 10.1. The van der Waals surface area contributed by atoms with E-state index in [4.69, 9.17) is 4.74 Å². The number of carbonyl (C=O) groups excluding carboxylic acids is 1. The van der Waals surface area contributed by atoms with Crippen LogP contribution in [-0.4, -0.2) is 27.5 Å². The van der Waals surface area contributed by atoms with Gasteiger partial charge in [0.25, 0.3) is 5.56 Å². The van der Waals surface area contributed by atoms with E-state index >= 15 is 0 Å². The van der Waals surface area contributed by atoms with Gasteiger partial charge in [0, 0.05) is 24.0 Å². The Morgan fingerprint density at radius 1 is 1.33 bits per heavy atom. The summed E-state index contributed by atoms with van der Waals surface area (Å²) >= 11 is 1.31. The molecule has 1 aliphatic rings. The first kappa shape index (κ1) is 22.5. The highest BCUT2D eigenvalue weighted by molar-refractivity contribution is 7.18. The molecule has 1 saturated carbocycles. The third kappa shape index (κ3) is 4.59. The Bertz CT molecular complexity index is 1070. The summed E-state index contributed by atoms with van der Waals surface area (Å²) in [4.78, 5) is 39.3. The van der Waals surface area contributed by atoms with Crippen LogP contribution >= 0.6 is 11.3 Å². The molecule has 10 heteroatoms. The first-order valence-corrected chi connectivity index (χ1v) is 10.9. The summed E-state index contributed by atoms with van der Waals surface area (Å²) in [5, 5.41) is 0.492. The van der Waals surface area contributed by atoms with E-state index in [0.717, 1.165) is 16.9 Å². The van der Waals surface area contributed by atoms with E-state index in [1.165, 1.54) is 20.5 Å². The third-order valence-corrected chi connectivity index (χ3v) is 6.41. The summed E-state index contributed by atoms with van der Waals surface area (Å²) in [5.74, 6) is 0.278. The number of hydrogen-bond acceptors (Lipinski definition) is 6. The summed E-state index contributed by atoms with van der Waals surface area (Å²) in [6.07, 6.45) is 0.394. The van der Waals surface area contributed by atoms with Crippen LogP contribution < -0.4 is 22.1 Å². The molecule has 1 amide bonds. The van der Waals surface area contributed by atoms with Gasteiger partial charge in [-0.25, -0.2) is 15.0 Å². The zero-order valence-electron chi connectivity index (χ0n) is 18.0. The van der Waals surface area contributed by atoms with Crippen molar-refractivity contribution in [3.8, 4) is 0 Å². The van der Waals surface area contributed by atoms with Gasteiger partial charge in [0.05, 0.1) is 12.1 Å². The first-order chi connectivity index (χ1) is 14.0. The van der Waals surface area contributed by atoms with Gasteiger partial charge in [0.15, 0.2) is 0 Å². The molecule has 0 aliphatic heterocycles. The molecule has 0 radical (unpaired) electrons. The fraction of sp³-hybridized carbons (Fsp3) is 0.650. The number of aromatic nitrogens is 2. The average molecular weight is 441 g/mol. The van der Waals surface area contributed by atoms with Crippen LogP contribution in [-0.2, 0) is 17.8 Å². The number of aryl methyl sites for hydroxylation is 2. The SMILES string of the molecule is Cc1c(CNNC(=O)OC(C)(C)C)sc2c1c(=O)n([C@H]1C[C@@H]1C)c(=O)n2CCCF. The van der Waals surface area contributed by atoms with Crippen molar-refractivity contribution < 1.29 is 13.9 Å². The highest BCUT2D eigenvalue weighted by Crippen LogP contribution is 2.41. The lowest BCUT2D eigenvalue weighted by molar-refractivity contribution is 0.0497. The topological polar surface area (TPSA) is 94.4 Å². The smallest absolute Gasteiger partial charge is 0.422 e. The summed E-state index contributed by atoms with van der Waals surface area (Å²) in [6.45, 7) is 9.09. The Labute approximate surface area is 178 Å². The van der Waals surface area contributed by atoms with Gasteiger partial charge >= 0.3 is 11.8 Å². The fourth-order valence-corrected chi connectivity index (χ4v) is 4.70. The summed E-state index contributed by atoms with van der Waals surface area (Å²) < 4.78 is 20.9.